The second kappa shape index (κ2) is 7.54. The van der Waals surface area contributed by atoms with E-state index in [1.165, 1.54) is 4.57 Å². The summed E-state index contributed by atoms with van der Waals surface area (Å²) in [5.41, 5.74) is 0. The van der Waals surface area contributed by atoms with Crippen LogP contribution in [0.2, 0.25) is 0 Å². The molecule has 0 aliphatic rings. The first-order valence-electron chi connectivity index (χ1n) is 5.06. The largest absolute Gasteiger partial charge is 0.603 e. The van der Waals surface area contributed by atoms with Crippen LogP contribution in [0.15, 0.2) is 0 Å². The van der Waals surface area contributed by atoms with E-state index in [0.29, 0.717) is 5.95 Å². The number of hydrogen-bond donors (Lipinski definition) is 1. The Kier molecular flexibility index (Phi) is 6.79. The number of hydrogen-bond acceptors (Lipinski definition) is 4. The topological polar surface area (TPSA) is 85.3 Å². The highest BCUT2D eigenvalue weighted by atomic mass is 19.3. The summed E-state index contributed by atoms with van der Waals surface area (Å²) in [4.78, 5) is 12.2. The second-order valence-electron chi connectivity index (χ2n) is 3.36. The molecule has 0 spiro atoms. The van der Waals surface area contributed by atoms with Gasteiger partial charge in [0.25, 0.3) is 0 Å². The molecule has 0 fully saturated rings. The highest BCUT2D eigenvalue weighted by Gasteiger charge is 2.15. The highest BCUT2D eigenvalue weighted by molar-refractivity contribution is 5.83. The summed E-state index contributed by atoms with van der Waals surface area (Å²) in [6.45, 7) is -0.695. The van der Waals surface area contributed by atoms with Crippen LogP contribution in [0.5, 0.6) is 0 Å². The van der Waals surface area contributed by atoms with E-state index in [9.17, 15) is 13.6 Å². The average Bonchev–Trinajstić information content (AvgIpc) is 2.60. The molecule has 104 valence electrons. The predicted molar refractivity (Wildman–Crippen MR) is 62.2 cm³/mol. The van der Waals surface area contributed by atoms with E-state index in [-0.39, 0.29) is 12.4 Å². The van der Waals surface area contributed by atoms with Crippen molar-refractivity contribution in [2.75, 3.05) is 25.5 Å². The normalized spacial score (nSPS) is 9.94. The van der Waals surface area contributed by atoms with Gasteiger partial charge in [-0.05, 0) is 0 Å². The van der Waals surface area contributed by atoms with Crippen LogP contribution in [0.4, 0.5) is 14.7 Å². The van der Waals surface area contributed by atoms with Crippen LogP contribution in [-0.2, 0) is 7.05 Å². The standard InChI is InChI=1S/C6H10N4O2.C3H6F2N/c1-9(2)6-8-7-4(5(11)12)10(6)3;1-2-6-3(4)5/h1-3H3,(H,11,12);3H,2H2,1H3/q;-1. The van der Waals surface area contributed by atoms with E-state index in [0.717, 1.165) is 0 Å². The van der Waals surface area contributed by atoms with Crippen molar-refractivity contribution in [1.29, 1.82) is 0 Å². The van der Waals surface area contributed by atoms with E-state index in [2.05, 4.69) is 15.5 Å². The molecule has 0 bridgehead atoms. The summed E-state index contributed by atoms with van der Waals surface area (Å²) in [6.07, 6.45) is 0. The summed E-state index contributed by atoms with van der Waals surface area (Å²) in [5, 5.41) is 18.6. The summed E-state index contributed by atoms with van der Waals surface area (Å²) >= 11 is 0. The first-order chi connectivity index (χ1) is 8.31. The van der Waals surface area contributed by atoms with Gasteiger partial charge in [-0.1, -0.05) is 6.92 Å². The Labute approximate surface area is 103 Å². The molecule has 0 saturated heterocycles. The third-order valence-corrected chi connectivity index (χ3v) is 1.76. The molecule has 0 amide bonds. The van der Waals surface area contributed by atoms with Gasteiger partial charge in [0.15, 0.2) is 6.55 Å². The quantitative estimate of drug-likeness (QED) is 0.825. The molecule has 1 rings (SSSR count). The predicted octanol–water partition coefficient (Wildman–Crippen LogP) is 1.18. The number of halogens is 2. The van der Waals surface area contributed by atoms with Gasteiger partial charge in [-0.3, -0.25) is 4.57 Å². The molecule has 7 nitrogen and oxygen atoms in total. The average molecular weight is 264 g/mol. The Bertz CT molecular complexity index is 381. The smallest absolute Gasteiger partial charge is 0.374 e. The molecule has 1 N–H and O–H groups in total. The third kappa shape index (κ3) is 5.04. The lowest BCUT2D eigenvalue weighted by Gasteiger charge is -2.11. The number of rotatable bonds is 4. The zero-order valence-electron chi connectivity index (χ0n) is 10.6. The van der Waals surface area contributed by atoms with Crippen molar-refractivity contribution in [2.24, 2.45) is 7.05 Å². The molecule has 0 aliphatic heterocycles. The maximum absolute atomic E-state index is 10.9. The SMILES string of the molecule is CC[N-]C(F)F.CN(C)c1nnc(C(=O)O)n1C. The minimum absolute atomic E-state index is 0.0568. The molecule has 0 aromatic carbocycles. The van der Waals surface area contributed by atoms with E-state index in [1.54, 1.807) is 33.0 Å². The minimum Gasteiger partial charge on any atom is -0.603 e. The maximum atomic E-state index is 10.9. The highest BCUT2D eigenvalue weighted by Crippen LogP contribution is 2.06. The zero-order chi connectivity index (χ0) is 14.3. The van der Waals surface area contributed by atoms with Crippen molar-refractivity contribution in [1.82, 2.24) is 14.8 Å². The van der Waals surface area contributed by atoms with Crippen molar-refractivity contribution < 1.29 is 18.7 Å². The fourth-order valence-electron chi connectivity index (χ4n) is 1.03. The van der Waals surface area contributed by atoms with Crippen LogP contribution in [0.1, 0.15) is 17.5 Å². The number of anilines is 1. The lowest BCUT2D eigenvalue weighted by molar-refractivity contribution is 0.0679. The molecule has 18 heavy (non-hydrogen) atoms. The van der Waals surface area contributed by atoms with Gasteiger partial charge in [0.1, 0.15) is 0 Å². The fourth-order valence-corrected chi connectivity index (χ4v) is 1.03. The first kappa shape index (κ1) is 16.2. The number of aromatic nitrogens is 3. The van der Waals surface area contributed by atoms with E-state index >= 15 is 0 Å². The number of carboxylic acid groups (broad SMARTS) is 1. The van der Waals surface area contributed by atoms with E-state index in [1.807, 2.05) is 0 Å². The molecule has 1 heterocycles. The maximum Gasteiger partial charge on any atom is 0.374 e. The molecular formula is C9H16F2N5O2-. The lowest BCUT2D eigenvalue weighted by atomic mass is 10.6. The van der Waals surface area contributed by atoms with Gasteiger partial charge in [0, 0.05) is 21.1 Å². The van der Waals surface area contributed by atoms with Crippen molar-refractivity contribution in [3.63, 3.8) is 0 Å². The number of carboxylic acids is 1. The Hall–Kier alpha value is -1.77. The third-order valence-electron chi connectivity index (χ3n) is 1.76. The molecule has 0 unspecified atom stereocenters. The van der Waals surface area contributed by atoms with Crippen LogP contribution in [0, 0.1) is 0 Å². The summed E-state index contributed by atoms with van der Waals surface area (Å²) < 4.78 is 23.2. The first-order valence-corrected chi connectivity index (χ1v) is 5.06. The Morgan fingerprint density at radius 2 is 2.06 bits per heavy atom. The second-order valence-corrected chi connectivity index (χ2v) is 3.36. The molecule has 0 saturated carbocycles. The van der Waals surface area contributed by atoms with Gasteiger partial charge in [0.2, 0.25) is 11.8 Å². The summed E-state index contributed by atoms with van der Waals surface area (Å²) in [7, 11) is 5.16. The Balaban J connectivity index is 0.000000411. The Morgan fingerprint density at radius 1 is 1.50 bits per heavy atom. The molecule has 0 atom stereocenters. The van der Waals surface area contributed by atoms with Gasteiger partial charge >= 0.3 is 5.97 Å². The molecule has 1 aromatic rings. The monoisotopic (exact) mass is 264 g/mol. The molecule has 0 aliphatic carbocycles. The summed E-state index contributed by atoms with van der Waals surface area (Å²) in [6, 6.07) is 0. The Morgan fingerprint density at radius 3 is 2.22 bits per heavy atom. The van der Waals surface area contributed by atoms with Crippen molar-refractivity contribution >= 4 is 11.9 Å². The van der Waals surface area contributed by atoms with Crippen molar-refractivity contribution in [3.05, 3.63) is 11.1 Å². The van der Waals surface area contributed by atoms with Gasteiger partial charge < -0.3 is 15.3 Å². The van der Waals surface area contributed by atoms with Gasteiger partial charge in [-0.15, -0.1) is 16.7 Å². The van der Waals surface area contributed by atoms with Crippen LogP contribution in [-0.4, -0.2) is 53.0 Å². The molecular weight excluding hydrogens is 248 g/mol. The number of nitrogens with zero attached hydrogens (tertiary/aromatic N) is 5. The minimum atomic E-state index is -2.48. The van der Waals surface area contributed by atoms with E-state index in [4.69, 9.17) is 5.11 Å². The lowest BCUT2D eigenvalue weighted by Crippen LogP contribution is -2.15. The van der Waals surface area contributed by atoms with Crippen LogP contribution in [0.25, 0.3) is 5.32 Å². The van der Waals surface area contributed by atoms with Crippen LogP contribution in [0.3, 0.4) is 0 Å². The van der Waals surface area contributed by atoms with Crippen LogP contribution >= 0.6 is 0 Å². The zero-order valence-corrected chi connectivity index (χ0v) is 10.6. The van der Waals surface area contributed by atoms with E-state index < -0.39 is 12.5 Å². The van der Waals surface area contributed by atoms with Crippen molar-refractivity contribution in [2.45, 2.75) is 13.5 Å². The van der Waals surface area contributed by atoms with Gasteiger partial charge in [0.05, 0.1) is 0 Å². The van der Waals surface area contributed by atoms with Crippen LogP contribution < -0.4 is 4.90 Å². The van der Waals surface area contributed by atoms with Gasteiger partial charge in [-0.25, -0.2) is 13.6 Å². The summed E-state index contributed by atoms with van der Waals surface area (Å²) in [5.74, 6) is -0.607. The number of alkyl halides is 2. The number of carbonyl (C=O) groups is 1. The van der Waals surface area contributed by atoms with Crippen molar-refractivity contribution in [3.8, 4) is 0 Å². The van der Waals surface area contributed by atoms with Gasteiger partial charge in [-0.2, -0.15) is 0 Å². The molecule has 1 aromatic heterocycles. The molecule has 9 heteroatoms. The number of aromatic carboxylic acids is 1. The molecule has 0 radical (unpaired) electrons. The fraction of sp³-hybridized carbons (Fsp3) is 0.667.